The molecule has 5 nitrogen and oxygen atoms in total. The Balaban J connectivity index is 2.16. The van der Waals surface area contributed by atoms with Crippen molar-refractivity contribution in [1.82, 2.24) is 10.2 Å². The molecular formula is C16H26N2O3. The minimum absolute atomic E-state index is 0.318. The van der Waals surface area contributed by atoms with Crippen LogP contribution >= 0.6 is 0 Å². The van der Waals surface area contributed by atoms with Crippen molar-refractivity contribution < 1.29 is 14.6 Å². The largest absolute Gasteiger partial charge is 0.444 e. The van der Waals surface area contributed by atoms with Gasteiger partial charge in [-0.2, -0.15) is 0 Å². The highest BCUT2D eigenvalue weighted by Gasteiger charge is 2.43. The molecule has 1 fully saturated rings. The molecule has 2 atom stereocenters. The lowest BCUT2D eigenvalue weighted by Crippen LogP contribution is -2.63. The number of ether oxygens (including phenoxy) is 1. The third kappa shape index (κ3) is 3.86. The maximum atomic E-state index is 12.4. The number of aliphatic hydroxyl groups is 1. The van der Waals surface area contributed by atoms with Crippen molar-refractivity contribution >= 4 is 6.09 Å². The highest BCUT2D eigenvalue weighted by molar-refractivity contribution is 5.69. The van der Waals surface area contributed by atoms with E-state index in [-0.39, 0.29) is 12.1 Å². The van der Waals surface area contributed by atoms with Crippen LogP contribution in [0.25, 0.3) is 0 Å². The quantitative estimate of drug-likeness (QED) is 0.774. The molecule has 0 aromatic rings. The number of hydrogen-bond donors (Lipinski definition) is 2. The van der Waals surface area contributed by atoms with E-state index in [1.807, 2.05) is 39.8 Å². The summed E-state index contributed by atoms with van der Waals surface area (Å²) >= 11 is 0. The second kappa shape index (κ2) is 5.81. The summed E-state index contributed by atoms with van der Waals surface area (Å²) in [7, 11) is 0. The second-order valence-electron chi connectivity index (χ2n) is 6.87. The van der Waals surface area contributed by atoms with E-state index in [4.69, 9.17) is 4.74 Å². The second-order valence-corrected chi connectivity index (χ2v) is 6.87. The fourth-order valence-electron chi connectivity index (χ4n) is 2.67. The van der Waals surface area contributed by atoms with Gasteiger partial charge >= 0.3 is 6.09 Å². The van der Waals surface area contributed by atoms with Gasteiger partial charge < -0.3 is 15.2 Å². The van der Waals surface area contributed by atoms with Crippen molar-refractivity contribution in [3.8, 4) is 0 Å². The highest BCUT2D eigenvalue weighted by atomic mass is 16.6. The molecule has 0 saturated carbocycles. The molecule has 0 bridgehead atoms. The van der Waals surface area contributed by atoms with Gasteiger partial charge in [0.2, 0.25) is 0 Å². The van der Waals surface area contributed by atoms with E-state index in [0.717, 1.165) is 5.57 Å². The highest BCUT2D eigenvalue weighted by Crippen LogP contribution is 2.29. The van der Waals surface area contributed by atoms with Crippen molar-refractivity contribution in [3.63, 3.8) is 0 Å². The zero-order valence-electron chi connectivity index (χ0n) is 13.3. The average Bonchev–Trinajstić information content (AvgIpc) is 2.40. The molecular weight excluding hydrogens is 268 g/mol. The van der Waals surface area contributed by atoms with E-state index < -0.39 is 11.2 Å². The maximum absolute atomic E-state index is 12.4. The number of nitrogens with zero attached hydrogens (tertiary/aromatic N) is 1. The Kier molecular flexibility index (Phi) is 4.44. The lowest BCUT2D eigenvalue weighted by atomic mass is 9.84. The van der Waals surface area contributed by atoms with Crippen LogP contribution in [0, 0.1) is 0 Å². The summed E-state index contributed by atoms with van der Waals surface area (Å²) in [5.74, 6) is 0. The zero-order valence-corrected chi connectivity index (χ0v) is 13.3. The Bertz CT molecular complexity index is 465. The summed E-state index contributed by atoms with van der Waals surface area (Å²) in [4.78, 5) is 14.1. The van der Waals surface area contributed by atoms with Crippen LogP contribution in [-0.4, -0.2) is 53.0 Å². The topological polar surface area (TPSA) is 61.8 Å². The van der Waals surface area contributed by atoms with Crippen LogP contribution in [0.4, 0.5) is 4.79 Å². The Morgan fingerprint density at radius 1 is 1.52 bits per heavy atom. The first-order chi connectivity index (χ1) is 9.71. The van der Waals surface area contributed by atoms with E-state index in [0.29, 0.717) is 26.1 Å². The van der Waals surface area contributed by atoms with Crippen LogP contribution in [-0.2, 0) is 4.74 Å². The average molecular weight is 294 g/mol. The fourth-order valence-corrected chi connectivity index (χ4v) is 2.67. The maximum Gasteiger partial charge on any atom is 0.410 e. The molecule has 1 saturated heterocycles. The van der Waals surface area contributed by atoms with Gasteiger partial charge in [0.1, 0.15) is 11.2 Å². The van der Waals surface area contributed by atoms with E-state index in [2.05, 4.69) is 5.32 Å². The molecule has 0 radical (unpaired) electrons. The molecule has 21 heavy (non-hydrogen) atoms. The Hall–Kier alpha value is -1.33. The summed E-state index contributed by atoms with van der Waals surface area (Å²) in [5.41, 5.74) is -0.440. The SMILES string of the molecule is CC1=CC[C@](O)([C@@H]2CNCCN2C(=O)OC(C)(C)C)C=C1. The number of rotatable bonds is 1. The van der Waals surface area contributed by atoms with Crippen molar-refractivity contribution in [2.75, 3.05) is 19.6 Å². The molecule has 0 spiro atoms. The van der Waals surface area contributed by atoms with Gasteiger partial charge in [-0.05, 0) is 27.7 Å². The number of allylic oxidation sites excluding steroid dienone is 2. The van der Waals surface area contributed by atoms with Crippen LogP contribution < -0.4 is 5.32 Å². The third-order valence-electron chi connectivity index (χ3n) is 3.83. The monoisotopic (exact) mass is 294 g/mol. The Labute approximate surface area is 126 Å². The summed E-state index contributed by atoms with van der Waals surface area (Å²) in [6.07, 6.45) is 5.87. The molecule has 2 rings (SSSR count). The first kappa shape index (κ1) is 16.0. The lowest BCUT2D eigenvalue weighted by Gasteiger charge is -2.45. The van der Waals surface area contributed by atoms with Gasteiger partial charge in [0.25, 0.3) is 0 Å². The minimum Gasteiger partial charge on any atom is -0.444 e. The normalized spacial score (nSPS) is 30.0. The number of carbonyl (C=O) groups is 1. The summed E-state index contributed by atoms with van der Waals surface area (Å²) in [5, 5.41) is 14.2. The van der Waals surface area contributed by atoms with E-state index >= 15 is 0 Å². The molecule has 1 aliphatic heterocycles. The molecule has 1 aliphatic carbocycles. The number of nitrogens with one attached hydrogen (secondary N) is 1. The minimum atomic E-state index is -1.04. The van der Waals surface area contributed by atoms with Crippen molar-refractivity contribution in [2.45, 2.75) is 51.4 Å². The van der Waals surface area contributed by atoms with Gasteiger partial charge in [0.05, 0.1) is 6.04 Å². The van der Waals surface area contributed by atoms with Gasteiger partial charge in [-0.15, -0.1) is 0 Å². The van der Waals surface area contributed by atoms with Crippen molar-refractivity contribution in [3.05, 3.63) is 23.8 Å². The number of piperazine rings is 1. The number of carbonyl (C=O) groups excluding carboxylic acids is 1. The Morgan fingerprint density at radius 2 is 2.24 bits per heavy atom. The molecule has 1 heterocycles. The lowest BCUT2D eigenvalue weighted by molar-refractivity contribution is -0.0385. The zero-order chi connectivity index (χ0) is 15.7. The van der Waals surface area contributed by atoms with Crippen LogP contribution in [0.1, 0.15) is 34.1 Å². The number of hydrogen-bond acceptors (Lipinski definition) is 4. The summed E-state index contributed by atoms with van der Waals surface area (Å²) in [6.45, 7) is 9.37. The van der Waals surface area contributed by atoms with Crippen LogP contribution in [0.15, 0.2) is 23.8 Å². The Morgan fingerprint density at radius 3 is 2.81 bits per heavy atom. The molecule has 118 valence electrons. The van der Waals surface area contributed by atoms with Crippen LogP contribution in [0.5, 0.6) is 0 Å². The fraction of sp³-hybridized carbons (Fsp3) is 0.688. The van der Waals surface area contributed by atoms with Gasteiger partial charge in [-0.3, -0.25) is 4.90 Å². The van der Waals surface area contributed by atoms with Crippen LogP contribution in [0.2, 0.25) is 0 Å². The smallest absolute Gasteiger partial charge is 0.410 e. The van der Waals surface area contributed by atoms with E-state index in [1.54, 1.807) is 11.0 Å². The van der Waals surface area contributed by atoms with Crippen molar-refractivity contribution in [2.24, 2.45) is 0 Å². The first-order valence-electron chi connectivity index (χ1n) is 7.50. The van der Waals surface area contributed by atoms with Gasteiger partial charge in [-0.1, -0.05) is 23.8 Å². The van der Waals surface area contributed by atoms with Gasteiger partial charge in [0, 0.05) is 26.1 Å². The van der Waals surface area contributed by atoms with Crippen LogP contribution in [0.3, 0.4) is 0 Å². The standard InChI is InChI=1S/C16H26N2O3/c1-12-5-7-16(20,8-6-12)13-11-17-9-10-18(13)14(19)21-15(2,3)4/h5-7,13,17,20H,8-11H2,1-4H3/t13-,16-/m0/s1. The van der Waals surface area contributed by atoms with Gasteiger partial charge in [-0.25, -0.2) is 4.79 Å². The molecule has 2 aliphatic rings. The molecule has 0 unspecified atom stereocenters. The molecule has 1 amide bonds. The van der Waals surface area contributed by atoms with Gasteiger partial charge in [0.15, 0.2) is 0 Å². The molecule has 0 aromatic carbocycles. The molecule has 2 N–H and O–H groups in total. The summed E-state index contributed by atoms with van der Waals surface area (Å²) < 4.78 is 5.47. The van der Waals surface area contributed by atoms with Crippen molar-refractivity contribution in [1.29, 1.82) is 0 Å². The summed E-state index contributed by atoms with van der Waals surface area (Å²) in [6, 6.07) is -0.318. The molecule has 0 aromatic heterocycles. The number of amides is 1. The predicted molar refractivity (Wildman–Crippen MR) is 82.1 cm³/mol. The predicted octanol–water partition coefficient (Wildman–Crippen LogP) is 1.83. The molecule has 5 heteroatoms. The van der Waals surface area contributed by atoms with E-state index in [9.17, 15) is 9.90 Å². The third-order valence-corrected chi connectivity index (χ3v) is 3.83. The van der Waals surface area contributed by atoms with E-state index in [1.165, 1.54) is 0 Å². The first-order valence-corrected chi connectivity index (χ1v) is 7.50.